The number of carboxylic acids is 1. The lowest BCUT2D eigenvalue weighted by atomic mass is 9.87. The van der Waals surface area contributed by atoms with Crippen LogP contribution in [0, 0.1) is 5.41 Å². The van der Waals surface area contributed by atoms with Gasteiger partial charge in [0, 0.05) is 12.0 Å². The summed E-state index contributed by atoms with van der Waals surface area (Å²) in [6.45, 7) is 4.83. The summed E-state index contributed by atoms with van der Waals surface area (Å²) in [7, 11) is -8.02. The average molecular weight is 467 g/mol. The van der Waals surface area contributed by atoms with Gasteiger partial charge in [-0.2, -0.15) is 16.8 Å². The number of unbranched alkanes of at least 4 members (excludes halogenated alkanes) is 1. The van der Waals surface area contributed by atoms with E-state index >= 15 is 0 Å². The Morgan fingerprint density at radius 1 is 1.03 bits per heavy atom. The fraction of sp³-hybridized carbons (Fsp3) is 0.632. The molecule has 0 radical (unpaired) electrons. The quantitative estimate of drug-likeness (QED) is 0.305. The van der Waals surface area contributed by atoms with Gasteiger partial charge in [-0.05, 0) is 25.0 Å². The van der Waals surface area contributed by atoms with Gasteiger partial charge >= 0.3 is 16.1 Å². The van der Waals surface area contributed by atoms with Crippen LogP contribution in [0.1, 0.15) is 40.0 Å². The van der Waals surface area contributed by atoms with E-state index in [0.29, 0.717) is 6.42 Å². The highest BCUT2D eigenvalue weighted by molar-refractivity contribution is 7.87. The molecule has 172 valence electrons. The second-order valence-electron chi connectivity index (χ2n) is 7.47. The molecule has 30 heavy (non-hydrogen) atoms. The third-order valence-electron chi connectivity index (χ3n) is 4.08. The van der Waals surface area contributed by atoms with Crippen LogP contribution in [0.15, 0.2) is 30.3 Å². The maximum absolute atomic E-state index is 12.1. The molecule has 0 fully saturated rings. The van der Waals surface area contributed by atoms with Crippen LogP contribution in [0.2, 0.25) is 0 Å². The second kappa shape index (κ2) is 11.6. The van der Waals surface area contributed by atoms with Crippen LogP contribution in [-0.2, 0) is 34.0 Å². The zero-order valence-corrected chi connectivity index (χ0v) is 19.1. The van der Waals surface area contributed by atoms with Gasteiger partial charge in [0.1, 0.15) is 5.75 Å². The van der Waals surface area contributed by atoms with E-state index in [1.54, 1.807) is 18.2 Å². The number of para-hydroxylation sites is 1. The van der Waals surface area contributed by atoms with Crippen molar-refractivity contribution in [3.63, 3.8) is 0 Å². The number of benzene rings is 1. The molecule has 11 heteroatoms. The molecule has 0 aromatic heterocycles. The summed E-state index contributed by atoms with van der Waals surface area (Å²) in [5.41, 5.74) is -1.12. The number of hydrogen-bond donors (Lipinski definition) is 1. The maximum atomic E-state index is 12.1. The maximum Gasteiger partial charge on any atom is 0.333 e. The fourth-order valence-corrected chi connectivity index (χ4v) is 4.70. The number of aliphatic carboxylic acids is 1. The third kappa shape index (κ3) is 9.88. The standard InChI is InChI=1S/C19H30O9S2/c1-4-5-12-26-17(18(20)21)19(2,3)15-27-29(22,23)13-9-14-30(24,25)28-16-10-7-6-8-11-16/h6-8,10-11,17H,4-5,9,12-15H2,1-3H3,(H,20,21). The molecule has 0 aliphatic carbocycles. The molecule has 0 aliphatic heterocycles. The van der Waals surface area contributed by atoms with Crippen molar-refractivity contribution in [1.82, 2.24) is 0 Å². The average Bonchev–Trinajstić information content (AvgIpc) is 2.63. The van der Waals surface area contributed by atoms with Gasteiger partial charge in [0.15, 0.2) is 6.10 Å². The van der Waals surface area contributed by atoms with Crippen molar-refractivity contribution in [1.29, 1.82) is 0 Å². The molecule has 1 aromatic rings. The Morgan fingerprint density at radius 2 is 1.63 bits per heavy atom. The molecule has 1 unspecified atom stereocenters. The molecule has 1 aromatic carbocycles. The van der Waals surface area contributed by atoms with E-state index in [4.69, 9.17) is 13.1 Å². The van der Waals surface area contributed by atoms with E-state index in [-0.39, 0.29) is 18.8 Å². The van der Waals surface area contributed by atoms with Crippen LogP contribution in [0.25, 0.3) is 0 Å². The molecule has 0 aliphatic rings. The van der Waals surface area contributed by atoms with E-state index < -0.39 is 55.8 Å². The van der Waals surface area contributed by atoms with Crippen molar-refractivity contribution < 1.29 is 39.8 Å². The molecule has 0 bridgehead atoms. The fourth-order valence-electron chi connectivity index (χ4n) is 2.43. The van der Waals surface area contributed by atoms with Crippen LogP contribution in [0.5, 0.6) is 5.75 Å². The predicted molar refractivity (Wildman–Crippen MR) is 111 cm³/mol. The molecule has 0 saturated carbocycles. The summed E-state index contributed by atoms with van der Waals surface area (Å²) >= 11 is 0. The first kappa shape index (κ1) is 26.3. The molecule has 0 saturated heterocycles. The lowest BCUT2D eigenvalue weighted by molar-refractivity contribution is -0.160. The van der Waals surface area contributed by atoms with E-state index in [0.717, 1.165) is 6.42 Å². The third-order valence-corrected chi connectivity index (χ3v) is 6.58. The summed E-state index contributed by atoms with van der Waals surface area (Å²) in [4.78, 5) is 11.5. The molecular weight excluding hydrogens is 436 g/mol. The number of carboxylic acid groups (broad SMARTS) is 1. The van der Waals surface area contributed by atoms with Gasteiger partial charge in [0.05, 0.1) is 18.1 Å². The molecule has 0 amide bonds. The number of carbonyl (C=O) groups is 1. The number of rotatable bonds is 15. The minimum Gasteiger partial charge on any atom is -0.479 e. The smallest absolute Gasteiger partial charge is 0.333 e. The summed E-state index contributed by atoms with van der Waals surface area (Å²) in [5, 5.41) is 9.38. The normalized spacial score (nSPS) is 13.7. The Labute approximate surface area is 178 Å². The lowest BCUT2D eigenvalue weighted by Crippen LogP contribution is -2.42. The van der Waals surface area contributed by atoms with Gasteiger partial charge < -0.3 is 14.0 Å². The van der Waals surface area contributed by atoms with Gasteiger partial charge in [-0.3, -0.25) is 4.18 Å². The van der Waals surface area contributed by atoms with Crippen molar-refractivity contribution in [3.05, 3.63) is 30.3 Å². The van der Waals surface area contributed by atoms with E-state index in [1.807, 2.05) is 6.92 Å². The van der Waals surface area contributed by atoms with Gasteiger partial charge in [0.25, 0.3) is 10.1 Å². The minimum absolute atomic E-state index is 0.140. The Morgan fingerprint density at radius 3 is 2.20 bits per heavy atom. The van der Waals surface area contributed by atoms with Crippen molar-refractivity contribution in [3.8, 4) is 5.75 Å². The monoisotopic (exact) mass is 466 g/mol. The number of hydrogen-bond acceptors (Lipinski definition) is 8. The van der Waals surface area contributed by atoms with Gasteiger partial charge in [-0.1, -0.05) is 45.4 Å². The molecule has 0 heterocycles. The lowest BCUT2D eigenvalue weighted by Gasteiger charge is -2.30. The van der Waals surface area contributed by atoms with Gasteiger partial charge in [-0.15, -0.1) is 0 Å². The summed E-state index contributed by atoms with van der Waals surface area (Å²) in [6, 6.07) is 7.87. The van der Waals surface area contributed by atoms with Crippen LogP contribution in [0.4, 0.5) is 0 Å². The van der Waals surface area contributed by atoms with Crippen LogP contribution in [0.3, 0.4) is 0 Å². The van der Waals surface area contributed by atoms with Crippen molar-refractivity contribution in [2.45, 2.75) is 46.1 Å². The summed E-state index contributed by atoms with van der Waals surface area (Å²) < 4.78 is 63.4. The molecule has 1 rings (SSSR count). The molecular formula is C19H30O9S2. The second-order valence-corrected chi connectivity index (χ2v) is 10.9. The number of ether oxygens (including phenoxy) is 1. The Balaban J connectivity index is 2.56. The predicted octanol–water partition coefficient (Wildman–Crippen LogP) is 2.43. The van der Waals surface area contributed by atoms with Gasteiger partial charge in [0.2, 0.25) is 0 Å². The van der Waals surface area contributed by atoms with E-state index in [9.17, 15) is 26.7 Å². The summed E-state index contributed by atoms with van der Waals surface area (Å²) in [5.74, 6) is -2.12. The van der Waals surface area contributed by atoms with Crippen LogP contribution >= 0.6 is 0 Å². The summed E-state index contributed by atoms with van der Waals surface area (Å²) in [6.07, 6.45) is 0.0410. The zero-order chi connectivity index (χ0) is 22.8. The zero-order valence-electron chi connectivity index (χ0n) is 17.4. The van der Waals surface area contributed by atoms with Crippen molar-refractivity contribution >= 4 is 26.2 Å². The van der Waals surface area contributed by atoms with Crippen molar-refractivity contribution in [2.24, 2.45) is 5.41 Å². The highest BCUT2D eigenvalue weighted by Crippen LogP contribution is 2.26. The molecule has 1 N–H and O–H groups in total. The Hall–Kier alpha value is -1.69. The molecule has 9 nitrogen and oxygen atoms in total. The SMILES string of the molecule is CCCCOC(C(=O)O)C(C)(C)COS(=O)(=O)CCCS(=O)(=O)Oc1ccccc1. The highest BCUT2D eigenvalue weighted by Gasteiger charge is 2.38. The topological polar surface area (TPSA) is 133 Å². The van der Waals surface area contributed by atoms with Gasteiger partial charge in [-0.25, -0.2) is 4.79 Å². The van der Waals surface area contributed by atoms with Crippen LogP contribution in [-0.4, -0.2) is 58.7 Å². The minimum atomic E-state index is -4.06. The molecule has 1 atom stereocenters. The van der Waals surface area contributed by atoms with Crippen molar-refractivity contribution in [2.75, 3.05) is 24.7 Å². The highest BCUT2D eigenvalue weighted by atomic mass is 32.2. The Bertz CT molecular complexity index is 863. The first-order chi connectivity index (χ1) is 13.9. The first-order valence-electron chi connectivity index (χ1n) is 9.57. The van der Waals surface area contributed by atoms with E-state index in [2.05, 4.69) is 0 Å². The molecule has 0 spiro atoms. The first-order valence-corrected chi connectivity index (χ1v) is 12.7. The van der Waals surface area contributed by atoms with E-state index in [1.165, 1.54) is 26.0 Å². The Kier molecular flexibility index (Phi) is 10.2. The largest absolute Gasteiger partial charge is 0.479 e. The van der Waals surface area contributed by atoms with Crippen LogP contribution < -0.4 is 4.18 Å².